The lowest BCUT2D eigenvalue weighted by Crippen LogP contribution is -2.43. The van der Waals surface area contributed by atoms with Crippen LogP contribution in [0.1, 0.15) is 50.1 Å². The van der Waals surface area contributed by atoms with Crippen molar-refractivity contribution in [2.75, 3.05) is 34.7 Å². The summed E-state index contributed by atoms with van der Waals surface area (Å²) in [6.45, 7) is 0.0238. The molecular formula is C38H32N2O11. The number of carbonyl (C=O) groups excluding carboxylic acids is 3. The van der Waals surface area contributed by atoms with Crippen LogP contribution in [0.3, 0.4) is 0 Å². The van der Waals surface area contributed by atoms with Crippen molar-refractivity contribution in [3.8, 4) is 28.7 Å². The van der Waals surface area contributed by atoms with Crippen molar-refractivity contribution in [3.05, 3.63) is 116 Å². The third-order valence-corrected chi connectivity index (χ3v) is 9.57. The number of nitrogens with zero attached hydrogens (tertiary/aromatic N) is 1. The molecule has 1 fully saturated rings. The molecular weight excluding hydrogens is 660 g/mol. The van der Waals surface area contributed by atoms with E-state index in [1.807, 2.05) is 12.1 Å². The first kappa shape index (κ1) is 33.1. The van der Waals surface area contributed by atoms with Crippen LogP contribution in [0.15, 0.2) is 72.8 Å². The Hall–Kier alpha value is -6.37. The maximum atomic E-state index is 14.6. The van der Waals surface area contributed by atoms with Crippen molar-refractivity contribution in [2.45, 2.75) is 12.0 Å². The van der Waals surface area contributed by atoms with Crippen LogP contribution >= 0.6 is 0 Å². The number of nitro benzene ring substituents is 1. The largest absolute Gasteiger partial charge is 0.496 e. The number of carbonyl (C=O) groups is 3. The lowest BCUT2D eigenvalue weighted by Gasteiger charge is -2.39. The van der Waals surface area contributed by atoms with Gasteiger partial charge in [0.2, 0.25) is 6.79 Å². The molecule has 0 spiro atoms. The number of ether oxygens (including phenoxy) is 6. The van der Waals surface area contributed by atoms with Crippen molar-refractivity contribution in [1.29, 1.82) is 0 Å². The van der Waals surface area contributed by atoms with Crippen molar-refractivity contribution in [1.82, 2.24) is 5.32 Å². The van der Waals surface area contributed by atoms with Gasteiger partial charge < -0.3 is 33.7 Å². The predicted molar refractivity (Wildman–Crippen MR) is 182 cm³/mol. The fourth-order valence-corrected chi connectivity index (χ4v) is 7.21. The maximum absolute atomic E-state index is 14.6. The van der Waals surface area contributed by atoms with Gasteiger partial charge in [-0.3, -0.25) is 24.5 Å². The standard InChI is InChI=1S/C38H32N2O11/c1-46-29-7-5-4-6-23(29)26(12-20-8-10-22(11-9-20)40(44)45)37(42)39-36-25-16-33-32(50-19-51-33)15-24(25)34(35-28(36)18-49-38(35)43)21-13-30(47-2)27(17-41)31(14-21)48-3/h4-17,28,34-36H,18-19H2,1-3H3,(H,39,42)/b26-12+/t28-,34+,35-,36+/m0/s1. The fourth-order valence-electron chi connectivity index (χ4n) is 7.21. The summed E-state index contributed by atoms with van der Waals surface area (Å²) in [6.07, 6.45) is 2.28. The number of para-hydroxylation sites is 1. The molecule has 0 saturated carbocycles. The minimum atomic E-state index is -0.756. The number of rotatable bonds is 10. The van der Waals surface area contributed by atoms with Gasteiger partial charge in [0.15, 0.2) is 17.8 Å². The number of esters is 1. The van der Waals surface area contributed by atoms with E-state index in [0.717, 1.165) is 0 Å². The van der Waals surface area contributed by atoms with Gasteiger partial charge in [-0.25, -0.2) is 0 Å². The average molecular weight is 693 g/mol. The molecule has 4 aromatic carbocycles. The van der Waals surface area contributed by atoms with E-state index in [9.17, 15) is 24.5 Å². The summed E-state index contributed by atoms with van der Waals surface area (Å²) in [6, 6.07) is 19.2. The number of benzene rings is 4. The van der Waals surface area contributed by atoms with E-state index >= 15 is 0 Å². The second-order valence-corrected chi connectivity index (χ2v) is 12.1. The molecule has 0 radical (unpaired) electrons. The van der Waals surface area contributed by atoms with Gasteiger partial charge in [0.1, 0.15) is 17.2 Å². The molecule has 4 aromatic rings. The molecule has 4 atom stereocenters. The van der Waals surface area contributed by atoms with Crippen LogP contribution in [0.2, 0.25) is 0 Å². The zero-order valence-electron chi connectivity index (χ0n) is 27.7. The highest BCUT2D eigenvalue weighted by Crippen LogP contribution is 2.55. The van der Waals surface area contributed by atoms with E-state index in [1.54, 1.807) is 54.6 Å². The summed E-state index contributed by atoms with van der Waals surface area (Å²) < 4.78 is 33.9. The second-order valence-electron chi connectivity index (χ2n) is 12.1. The van der Waals surface area contributed by atoms with E-state index in [1.165, 1.54) is 33.5 Å². The second kappa shape index (κ2) is 13.5. The minimum Gasteiger partial charge on any atom is -0.496 e. The van der Waals surface area contributed by atoms with Crippen molar-refractivity contribution in [3.63, 3.8) is 0 Å². The first-order chi connectivity index (χ1) is 24.8. The highest BCUT2D eigenvalue weighted by molar-refractivity contribution is 6.25. The quantitative estimate of drug-likeness (QED) is 0.0558. The van der Waals surface area contributed by atoms with E-state index in [0.29, 0.717) is 51.4 Å². The molecule has 0 unspecified atom stereocenters. The molecule has 13 nitrogen and oxygen atoms in total. The van der Waals surface area contributed by atoms with Crippen molar-refractivity contribution >= 4 is 35.5 Å². The molecule has 1 amide bonds. The van der Waals surface area contributed by atoms with Crippen LogP contribution in [-0.4, -0.2) is 57.8 Å². The number of nitrogens with one attached hydrogen (secondary N) is 1. The Labute approximate surface area is 291 Å². The number of nitro groups is 1. The topological polar surface area (TPSA) is 162 Å². The molecule has 7 rings (SSSR count). The number of non-ortho nitro benzene ring substituents is 1. The number of hydrogen-bond acceptors (Lipinski definition) is 11. The van der Waals surface area contributed by atoms with Crippen molar-refractivity contribution in [2.24, 2.45) is 11.8 Å². The normalized spacial score (nSPS) is 20.1. The zero-order chi connectivity index (χ0) is 35.8. The summed E-state index contributed by atoms with van der Waals surface area (Å²) in [5.41, 5.74) is 3.41. The van der Waals surface area contributed by atoms with E-state index in [-0.39, 0.29) is 41.7 Å². The Bertz CT molecular complexity index is 2070. The Morgan fingerprint density at radius 2 is 1.53 bits per heavy atom. The molecule has 2 aliphatic heterocycles. The number of amides is 1. The molecule has 0 bridgehead atoms. The first-order valence-corrected chi connectivity index (χ1v) is 16.0. The highest BCUT2D eigenvalue weighted by atomic mass is 16.7. The Kier molecular flexibility index (Phi) is 8.77. The van der Waals surface area contributed by atoms with Gasteiger partial charge in [-0.15, -0.1) is 0 Å². The Balaban J connectivity index is 1.37. The van der Waals surface area contributed by atoms with Crippen molar-refractivity contribution < 1.29 is 47.7 Å². The van der Waals surface area contributed by atoms with E-state index < -0.39 is 40.6 Å². The summed E-state index contributed by atoms with van der Waals surface area (Å²) in [4.78, 5) is 51.0. The van der Waals surface area contributed by atoms with Gasteiger partial charge in [-0.1, -0.05) is 18.2 Å². The number of aldehydes is 1. The molecule has 0 aromatic heterocycles. The monoisotopic (exact) mass is 692 g/mol. The Morgan fingerprint density at radius 3 is 2.16 bits per heavy atom. The van der Waals surface area contributed by atoms with Gasteiger partial charge in [0, 0.05) is 29.5 Å². The number of methoxy groups -OCH3 is 3. The summed E-state index contributed by atoms with van der Waals surface area (Å²) in [5.74, 6) is -0.872. The summed E-state index contributed by atoms with van der Waals surface area (Å²) >= 11 is 0. The van der Waals surface area contributed by atoms with Crippen LogP contribution in [0, 0.1) is 22.0 Å². The minimum absolute atomic E-state index is 0.000417. The molecule has 13 heteroatoms. The maximum Gasteiger partial charge on any atom is 0.310 e. The third kappa shape index (κ3) is 5.86. The van der Waals surface area contributed by atoms with Crippen LogP contribution < -0.4 is 29.0 Å². The van der Waals surface area contributed by atoms with Crippen LogP contribution in [-0.2, 0) is 14.3 Å². The van der Waals surface area contributed by atoms with Gasteiger partial charge >= 0.3 is 5.97 Å². The molecule has 2 heterocycles. The fraction of sp³-hybridized carbons (Fsp3) is 0.237. The van der Waals surface area contributed by atoms with Crippen LogP contribution in [0.5, 0.6) is 28.7 Å². The molecule has 260 valence electrons. The summed E-state index contributed by atoms with van der Waals surface area (Å²) in [5, 5.41) is 14.5. The lowest BCUT2D eigenvalue weighted by molar-refractivity contribution is -0.384. The van der Waals surface area contributed by atoms with Gasteiger partial charge in [-0.2, -0.15) is 0 Å². The van der Waals surface area contributed by atoms with Crippen LogP contribution in [0.4, 0.5) is 5.69 Å². The molecule has 1 saturated heterocycles. The molecule has 3 aliphatic rings. The lowest BCUT2D eigenvalue weighted by atomic mass is 9.65. The SMILES string of the molecule is COc1ccccc1/C(=C\c1ccc([N+](=O)[O-])cc1)C(=O)N[C@@H]1c2cc3c(cc2[C@@H](c2cc(OC)c(C=O)c(OC)c2)[C@H]2C(=O)OC[C@@H]21)OCO3. The molecule has 51 heavy (non-hydrogen) atoms. The van der Waals surface area contributed by atoms with Gasteiger partial charge in [0.05, 0.1) is 56.0 Å². The van der Waals surface area contributed by atoms with Gasteiger partial charge in [-0.05, 0) is 70.8 Å². The zero-order valence-corrected chi connectivity index (χ0v) is 27.7. The Morgan fingerprint density at radius 1 is 0.882 bits per heavy atom. The number of cyclic esters (lactones) is 1. The predicted octanol–water partition coefficient (Wildman–Crippen LogP) is 5.49. The number of hydrogen-bond donors (Lipinski definition) is 1. The van der Waals surface area contributed by atoms with Gasteiger partial charge in [0.25, 0.3) is 11.6 Å². The first-order valence-electron chi connectivity index (χ1n) is 16.0. The van der Waals surface area contributed by atoms with Crippen LogP contribution in [0.25, 0.3) is 11.6 Å². The summed E-state index contributed by atoms with van der Waals surface area (Å²) in [7, 11) is 4.39. The smallest absolute Gasteiger partial charge is 0.310 e. The third-order valence-electron chi connectivity index (χ3n) is 9.57. The molecule has 1 aliphatic carbocycles. The van der Waals surface area contributed by atoms with E-state index in [4.69, 9.17) is 28.4 Å². The average Bonchev–Trinajstić information content (AvgIpc) is 3.78. The van der Waals surface area contributed by atoms with E-state index in [2.05, 4.69) is 5.32 Å². The molecule has 1 N–H and O–H groups in total. The highest BCUT2D eigenvalue weighted by Gasteiger charge is 2.53. The number of fused-ring (bicyclic) bond motifs is 3.